The largest absolute Gasteiger partial charge is 0.507 e. The minimum atomic E-state index is -1.51. The van der Waals surface area contributed by atoms with E-state index in [0.717, 1.165) is 4.57 Å². The molecule has 4 atom stereocenters. The number of amides is 2. The van der Waals surface area contributed by atoms with Crippen LogP contribution in [0.2, 0.25) is 5.02 Å². The van der Waals surface area contributed by atoms with E-state index in [2.05, 4.69) is 6.58 Å². The average molecular weight is 671 g/mol. The fourth-order valence-corrected chi connectivity index (χ4v) is 8.50. The summed E-state index contributed by atoms with van der Waals surface area (Å²) in [5, 5.41) is 12.3. The van der Waals surface area contributed by atoms with Crippen LogP contribution in [0.4, 0.5) is 5.69 Å². The zero-order valence-corrected chi connectivity index (χ0v) is 27.0. The summed E-state index contributed by atoms with van der Waals surface area (Å²) < 4.78 is 3.95. The van der Waals surface area contributed by atoms with E-state index in [-0.39, 0.29) is 18.7 Å². The van der Waals surface area contributed by atoms with Crippen LogP contribution in [0.3, 0.4) is 0 Å². The van der Waals surface area contributed by atoms with E-state index in [0.29, 0.717) is 45.1 Å². The van der Waals surface area contributed by atoms with E-state index in [4.69, 9.17) is 11.6 Å². The highest BCUT2D eigenvalue weighted by Crippen LogP contribution is 2.63. The van der Waals surface area contributed by atoms with Crippen LogP contribution in [-0.4, -0.2) is 30.9 Å². The Balaban J connectivity index is 1.43. The molecule has 10 heteroatoms. The quantitative estimate of drug-likeness (QED) is 0.185. The zero-order chi connectivity index (χ0) is 34.0. The molecule has 0 spiro atoms. The third-order valence-electron chi connectivity index (χ3n) is 10.3. The van der Waals surface area contributed by atoms with Gasteiger partial charge in [0.05, 0.1) is 35.3 Å². The Morgan fingerprint density at radius 1 is 0.857 bits per heavy atom. The van der Waals surface area contributed by atoms with Crippen molar-refractivity contribution in [3.05, 3.63) is 170 Å². The number of benzene rings is 4. The van der Waals surface area contributed by atoms with Crippen molar-refractivity contribution in [2.75, 3.05) is 4.90 Å². The fraction of sp³-hybridized carbons (Fsp3) is 0.179. The van der Waals surface area contributed by atoms with Gasteiger partial charge in [0.15, 0.2) is 0 Å². The summed E-state index contributed by atoms with van der Waals surface area (Å²) in [6.07, 6.45) is 4.00. The summed E-state index contributed by atoms with van der Waals surface area (Å²) in [4.78, 5) is 59.5. The molecule has 49 heavy (non-hydrogen) atoms. The van der Waals surface area contributed by atoms with Crippen LogP contribution < -0.4 is 16.3 Å². The van der Waals surface area contributed by atoms with Crippen LogP contribution in [0.25, 0.3) is 5.69 Å². The second-order valence-corrected chi connectivity index (χ2v) is 13.1. The van der Waals surface area contributed by atoms with Crippen LogP contribution in [0, 0.1) is 5.92 Å². The molecule has 1 saturated heterocycles. The van der Waals surface area contributed by atoms with Gasteiger partial charge in [-0.05, 0) is 59.9 Å². The summed E-state index contributed by atoms with van der Waals surface area (Å²) in [6.45, 7) is 3.91. The normalized spacial score (nSPS) is 22.7. The number of anilines is 1. The summed E-state index contributed by atoms with van der Waals surface area (Å²) in [7, 11) is 0. The van der Waals surface area contributed by atoms with Crippen molar-refractivity contribution >= 4 is 29.1 Å². The molecule has 244 valence electrons. The molecule has 4 aromatic carbocycles. The van der Waals surface area contributed by atoms with E-state index in [1.54, 1.807) is 72.8 Å². The molecular weight excluding hydrogens is 640 g/mol. The third kappa shape index (κ3) is 4.31. The predicted octanol–water partition coefficient (Wildman–Crippen LogP) is 5.68. The van der Waals surface area contributed by atoms with E-state index < -0.39 is 46.5 Å². The van der Waals surface area contributed by atoms with E-state index in [1.165, 1.54) is 14.3 Å². The van der Waals surface area contributed by atoms with Gasteiger partial charge in [0, 0.05) is 16.5 Å². The highest BCUT2D eigenvalue weighted by molar-refractivity contribution is 6.32. The van der Waals surface area contributed by atoms with Crippen molar-refractivity contribution < 1.29 is 14.7 Å². The molecule has 1 aromatic heterocycles. The van der Waals surface area contributed by atoms with Crippen molar-refractivity contribution in [1.82, 2.24) is 13.9 Å². The van der Waals surface area contributed by atoms with E-state index in [1.807, 2.05) is 42.5 Å². The summed E-state index contributed by atoms with van der Waals surface area (Å²) in [5.74, 6) is -2.78. The predicted molar refractivity (Wildman–Crippen MR) is 186 cm³/mol. The number of halogens is 1. The Hall–Kier alpha value is -5.67. The first-order valence-corrected chi connectivity index (χ1v) is 16.5. The molecule has 1 aliphatic carbocycles. The Morgan fingerprint density at radius 3 is 2.27 bits per heavy atom. The van der Waals surface area contributed by atoms with Crippen molar-refractivity contribution in [2.45, 2.75) is 36.8 Å². The van der Waals surface area contributed by atoms with Crippen LogP contribution >= 0.6 is 11.6 Å². The molecule has 0 bridgehead atoms. The van der Waals surface area contributed by atoms with Crippen LogP contribution in [0.1, 0.15) is 35.1 Å². The van der Waals surface area contributed by atoms with Gasteiger partial charge in [-0.25, -0.2) is 28.4 Å². The number of para-hydroxylation sites is 2. The number of rotatable bonds is 6. The smallest absolute Gasteiger partial charge is 0.352 e. The van der Waals surface area contributed by atoms with Gasteiger partial charge in [-0.15, -0.1) is 6.58 Å². The zero-order valence-electron chi connectivity index (χ0n) is 26.3. The number of hydrogen-bond donors (Lipinski definition) is 1. The topological polar surface area (TPSA) is 107 Å². The average Bonchev–Trinajstić information content (AvgIpc) is 3.51. The lowest BCUT2D eigenvalue weighted by molar-refractivity contribution is -0.124. The monoisotopic (exact) mass is 670 g/mol. The molecule has 9 nitrogen and oxygen atoms in total. The standard InChI is InChI=1S/C39H31ClN4O5/c1-2-11-24-12-9-19-30(34(24)45)33-29-20-21-41-37(48)43(27-16-7-4-8-17-27)38(49)44(41)32(29)23-31-35(46)42(28-18-10-15-26(40)22-28)36(47)39(31,33)25-13-5-3-6-14-25/h2-10,12-20,22,31-33,45H,1,11,21,23H2. The Bertz CT molecular complexity index is 2320. The highest BCUT2D eigenvalue weighted by Gasteiger charge is 2.69. The van der Waals surface area contributed by atoms with Crippen LogP contribution in [0.15, 0.2) is 137 Å². The maximum Gasteiger partial charge on any atom is 0.352 e. The number of allylic oxidation sites excluding steroid dienone is 3. The van der Waals surface area contributed by atoms with Crippen LogP contribution in [-0.2, 0) is 28.0 Å². The van der Waals surface area contributed by atoms with E-state index in [9.17, 15) is 19.5 Å². The lowest BCUT2D eigenvalue weighted by atomic mass is 9.53. The van der Waals surface area contributed by atoms with Crippen molar-refractivity contribution in [1.29, 1.82) is 0 Å². The molecule has 1 saturated carbocycles. The first kappa shape index (κ1) is 30.7. The van der Waals surface area contributed by atoms with Gasteiger partial charge < -0.3 is 5.11 Å². The van der Waals surface area contributed by atoms with Crippen LogP contribution in [0.5, 0.6) is 5.75 Å². The summed E-state index contributed by atoms with van der Waals surface area (Å²) in [5.41, 5.74) is 0.527. The second-order valence-electron chi connectivity index (χ2n) is 12.6. The second kappa shape index (κ2) is 11.5. The van der Waals surface area contributed by atoms with Gasteiger partial charge >= 0.3 is 11.4 Å². The number of carbonyl (C=O) groups excluding carboxylic acids is 2. The number of imide groups is 1. The molecule has 3 heterocycles. The minimum absolute atomic E-state index is 0.0124. The van der Waals surface area contributed by atoms with Gasteiger partial charge in [-0.3, -0.25) is 9.59 Å². The molecule has 3 aliphatic rings. The number of hydrogen-bond acceptors (Lipinski definition) is 5. The van der Waals surface area contributed by atoms with Gasteiger partial charge in [0.25, 0.3) is 0 Å². The molecule has 2 amide bonds. The van der Waals surface area contributed by atoms with Gasteiger partial charge in [0.1, 0.15) is 5.75 Å². The lowest BCUT2D eigenvalue weighted by Crippen LogP contribution is -2.53. The number of carbonyl (C=O) groups is 2. The summed E-state index contributed by atoms with van der Waals surface area (Å²) >= 11 is 6.38. The number of aromatic nitrogens is 3. The molecule has 2 aliphatic heterocycles. The maximum absolute atomic E-state index is 15.3. The molecule has 8 rings (SSSR count). The minimum Gasteiger partial charge on any atom is -0.507 e. The fourth-order valence-electron chi connectivity index (χ4n) is 8.31. The molecule has 5 aromatic rings. The van der Waals surface area contributed by atoms with Crippen molar-refractivity contribution in [2.24, 2.45) is 5.92 Å². The van der Waals surface area contributed by atoms with Gasteiger partial charge in [-0.2, -0.15) is 0 Å². The molecule has 2 fully saturated rings. The lowest BCUT2D eigenvalue weighted by Gasteiger charge is -2.49. The Labute approximate surface area is 286 Å². The molecule has 4 unspecified atom stereocenters. The van der Waals surface area contributed by atoms with E-state index >= 15 is 4.79 Å². The van der Waals surface area contributed by atoms with Gasteiger partial charge in [0.2, 0.25) is 11.8 Å². The number of phenolic OH excluding ortho intramolecular Hbond substituents is 1. The third-order valence-corrected chi connectivity index (χ3v) is 10.5. The van der Waals surface area contributed by atoms with Gasteiger partial charge in [-0.1, -0.05) is 96.5 Å². The SMILES string of the molecule is C=CCc1cccc(C2C3=CCn4c(=O)n(-c5ccccc5)c(=O)n4C3CC3C(=O)N(c4cccc(Cl)c4)C(=O)C32c2ccccc2)c1O. The highest BCUT2D eigenvalue weighted by atomic mass is 35.5. The molecule has 0 radical (unpaired) electrons. The Morgan fingerprint density at radius 2 is 1.55 bits per heavy atom. The van der Waals surface area contributed by atoms with Crippen molar-refractivity contribution in [3.63, 3.8) is 0 Å². The number of nitrogens with zero attached hydrogens (tertiary/aromatic N) is 4. The number of aromatic hydroxyl groups is 1. The first-order chi connectivity index (χ1) is 23.8. The molecular formula is C39H31ClN4O5. The first-order valence-electron chi connectivity index (χ1n) is 16.1. The molecule has 1 N–H and O–H groups in total. The summed E-state index contributed by atoms with van der Waals surface area (Å²) in [6, 6.07) is 29.1. The van der Waals surface area contributed by atoms with Crippen molar-refractivity contribution in [3.8, 4) is 11.4 Å². The Kier molecular flexibility index (Phi) is 7.19. The number of fused-ring (bicyclic) bond motifs is 4. The maximum atomic E-state index is 15.3. The number of phenols is 1.